The molecule has 26 heavy (non-hydrogen) atoms. The van der Waals surface area contributed by atoms with Gasteiger partial charge in [-0.1, -0.05) is 30.3 Å². The first-order chi connectivity index (χ1) is 12.6. The minimum atomic E-state index is -0.309. The Morgan fingerprint density at radius 2 is 1.88 bits per heavy atom. The van der Waals surface area contributed by atoms with Gasteiger partial charge >= 0.3 is 0 Å². The molecular weight excluding hydrogens is 333 g/mol. The lowest BCUT2D eigenvalue weighted by atomic mass is 10.1. The molecule has 0 aliphatic carbocycles. The number of benzene rings is 2. The Labute approximate surface area is 154 Å². The highest BCUT2D eigenvalue weighted by atomic mass is 19.1. The number of nitrogens with one attached hydrogen (secondary N) is 2. The molecule has 0 spiro atoms. The molecule has 2 N–H and O–H groups in total. The van der Waals surface area contributed by atoms with Crippen molar-refractivity contribution in [1.29, 1.82) is 0 Å². The van der Waals surface area contributed by atoms with E-state index < -0.39 is 0 Å². The van der Waals surface area contributed by atoms with Crippen molar-refractivity contribution >= 4 is 5.96 Å². The molecule has 2 aromatic carbocycles. The molecule has 2 rings (SSSR count). The number of ether oxygens (including phenoxy) is 2. The van der Waals surface area contributed by atoms with Gasteiger partial charge in [-0.25, -0.2) is 4.39 Å². The van der Waals surface area contributed by atoms with E-state index in [-0.39, 0.29) is 11.9 Å². The van der Waals surface area contributed by atoms with Crippen LogP contribution in [0.1, 0.15) is 18.1 Å². The van der Waals surface area contributed by atoms with E-state index >= 15 is 0 Å². The van der Waals surface area contributed by atoms with E-state index in [0.29, 0.717) is 31.4 Å². The zero-order valence-corrected chi connectivity index (χ0v) is 15.5. The molecule has 0 aliphatic heterocycles. The van der Waals surface area contributed by atoms with Crippen LogP contribution in [0.25, 0.3) is 0 Å². The first-order valence-corrected chi connectivity index (χ1v) is 8.54. The van der Waals surface area contributed by atoms with Gasteiger partial charge in [-0.05, 0) is 30.2 Å². The Morgan fingerprint density at radius 3 is 2.62 bits per heavy atom. The van der Waals surface area contributed by atoms with E-state index in [1.165, 1.54) is 12.1 Å². The van der Waals surface area contributed by atoms with Crippen LogP contribution >= 0.6 is 0 Å². The van der Waals surface area contributed by atoms with Gasteiger partial charge in [0.2, 0.25) is 0 Å². The van der Waals surface area contributed by atoms with E-state index in [9.17, 15) is 4.39 Å². The van der Waals surface area contributed by atoms with Crippen molar-refractivity contribution < 1.29 is 13.9 Å². The molecule has 0 aliphatic rings. The van der Waals surface area contributed by atoms with Gasteiger partial charge in [0.25, 0.3) is 0 Å². The third-order valence-corrected chi connectivity index (χ3v) is 3.68. The van der Waals surface area contributed by atoms with Crippen LogP contribution in [0.3, 0.4) is 0 Å². The number of aliphatic imine (C=N–C) groups is 1. The second-order valence-corrected chi connectivity index (χ2v) is 5.95. The molecule has 2 aromatic rings. The van der Waals surface area contributed by atoms with E-state index in [0.717, 1.165) is 11.1 Å². The van der Waals surface area contributed by atoms with Crippen LogP contribution in [0.4, 0.5) is 4.39 Å². The van der Waals surface area contributed by atoms with Crippen LogP contribution in [-0.4, -0.2) is 32.8 Å². The molecule has 0 aromatic heterocycles. The maximum atomic E-state index is 13.2. The van der Waals surface area contributed by atoms with Gasteiger partial charge in [0.15, 0.2) is 5.96 Å². The summed E-state index contributed by atoms with van der Waals surface area (Å²) in [5, 5.41) is 6.48. The third-order valence-electron chi connectivity index (χ3n) is 3.68. The van der Waals surface area contributed by atoms with E-state index in [1.54, 1.807) is 26.3 Å². The largest absolute Gasteiger partial charge is 0.489 e. The summed E-state index contributed by atoms with van der Waals surface area (Å²) in [7, 11) is 3.40. The van der Waals surface area contributed by atoms with Gasteiger partial charge in [0, 0.05) is 26.8 Å². The van der Waals surface area contributed by atoms with Gasteiger partial charge in [0.1, 0.15) is 17.7 Å². The molecule has 0 saturated carbocycles. The molecule has 6 heteroatoms. The van der Waals surface area contributed by atoms with Crippen LogP contribution in [0.15, 0.2) is 53.5 Å². The molecule has 0 radical (unpaired) electrons. The molecule has 140 valence electrons. The Hall–Kier alpha value is -2.60. The monoisotopic (exact) mass is 359 g/mol. The lowest BCUT2D eigenvalue weighted by molar-refractivity contribution is 0.185. The van der Waals surface area contributed by atoms with Gasteiger partial charge in [-0.2, -0.15) is 0 Å². The number of halogens is 1. The predicted molar refractivity (Wildman–Crippen MR) is 102 cm³/mol. The first kappa shape index (κ1) is 19.7. The quantitative estimate of drug-likeness (QED) is 0.562. The van der Waals surface area contributed by atoms with Gasteiger partial charge in [-0.3, -0.25) is 4.99 Å². The predicted octanol–water partition coefficient (Wildman–Crippen LogP) is 3.10. The molecule has 0 bridgehead atoms. The molecule has 0 heterocycles. The van der Waals surface area contributed by atoms with Crippen molar-refractivity contribution in [1.82, 2.24) is 10.6 Å². The van der Waals surface area contributed by atoms with Gasteiger partial charge in [0.05, 0.1) is 13.2 Å². The second kappa shape index (κ2) is 10.4. The third kappa shape index (κ3) is 6.72. The van der Waals surface area contributed by atoms with E-state index in [1.807, 2.05) is 19.1 Å². The fourth-order valence-electron chi connectivity index (χ4n) is 2.46. The topological polar surface area (TPSA) is 54.9 Å². The molecule has 0 fully saturated rings. The summed E-state index contributed by atoms with van der Waals surface area (Å²) in [6, 6.07) is 14.3. The highest BCUT2D eigenvalue weighted by Gasteiger charge is 2.06. The Kier molecular flexibility index (Phi) is 7.89. The average molecular weight is 359 g/mol. The molecule has 0 amide bonds. The van der Waals surface area contributed by atoms with Crippen LogP contribution in [-0.2, 0) is 17.9 Å². The number of hydrogen-bond acceptors (Lipinski definition) is 3. The second-order valence-electron chi connectivity index (χ2n) is 5.95. The highest BCUT2D eigenvalue weighted by Crippen LogP contribution is 2.13. The van der Waals surface area contributed by atoms with Crippen LogP contribution in [0.2, 0.25) is 0 Å². The van der Waals surface area contributed by atoms with E-state index in [2.05, 4.69) is 27.8 Å². The number of hydrogen-bond donors (Lipinski definition) is 2. The number of rotatable bonds is 8. The average Bonchev–Trinajstić information content (AvgIpc) is 2.62. The minimum absolute atomic E-state index is 0.139. The molecule has 1 unspecified atom stereocenters. The Balaban J connectivity index is 1.79. The molecule has 0 saturated heterocycles. The maximum absolute atomic E-state index is 13.2. The maximum Gasteiger partial charge on any atom is 0.191 e. The normalized spacial score (nSPS) is 12.5. The van der Waals surface area contributed by atoms with E-state index in [4.69, 9.17) is 9.47 Å². The smallest absolute Gasteiger partial charge is 0.191 e. The van der Waals surface area contributed by atoms with Crippen LogP contribution in [0.5, 0.6) is 5.75 Å². The number of methoxy groups -OCH3 is 1. The summed E-state index contributed by atoms with van der Waals surface area (Å²) >= 11 is 0. The molecular formula is C20H26FN3O2. The Bertz CT molecular complexity index is 722. The summed E-state index contributed by atoms with van der Waals surface area (Å²) < 4.78 is 24.0. The first-order valence-electron chi connectivity index (χ1n) is 8.54. The van der Waals surface area contributed by atoms with Crippen molar-refractivity contribution in [3.05, 3.63) is 65.5 Å². The summed E-state index contributed by atoms with van der Waals surface area (Å²) in [4.78, 5) is 4.21. The lowest BCUT2D eigenvalue weighted by Gasteiger charge is -2.18. The summed E-state index contributed by atoms with van der Waals surface area (Å²) in [5.74, 6) is 0.880. The fraction of sp³-hybridized carbons (Fsp3) is 0.350. The van der Waals surface area contributed by atoms with Crippen molar-refractivity contribution in [2.24, 2.45) is 4.99 Å². The Morgan fingerprint density at radius 1 is 1.12 bits per heavy atom. The fourth-order valence-corrected chi connectivity index (χ4v) is 2.46. The van der Waals surface area contributed by atoms with Crippen LogP contribution < -0.4 is 15.4 Å². The SMILES string of the molecule is CN=C(NCc1cccc(COC)c1)NCC(C)Oc1cccc(F)c1. The van der Waals surface area contributed by atoms with Crippen molar-refractivity contribution in [2.75, 3.05) is 20.7 Å². The standard InChI is InChI=1S/C20H26FN3O2/c1-15(26-19-9-5-8-18(21)11-19)12-23-20(22-2)24-13-16-6-4-7-17(10-16)14-25-3/h4-11,15H,12-14H2,1-3H3,(H2,22,23,24). The van der Waals surface area contributed by atoms with Crippen molar-refractivity contribution in [2.45, 2.75) is 26.2 Å². The highest BCUT2D eigenvalue weighted by molar-refractivity contribution is 5.79. The molecule has 5 nitrogen and oxygen atoms in total. The zero-order valence-electron chi connectivity index (χ0n) is 15.5. The number of nitrogens with zero attached hydrogens (tertiary/aromatic N) is 1. The van der Waals surface area contributed by atoms with Crippen LogP contribution in [0, 0.1) is 5.82 Å². The van der Waals surface area contributed by atoms with Gasteiger partial charge in [-0.15, -0.1) is 0 Å². The summed E-state index contributed by atoms with van der Waals surface area (Å²) in [5.41, 5.74) is 2.28. The van der Waals surface area contributed by atoms with Crippen molar-refractivity contribution in [3.8, 4) is 5.75 Å². The minimum Gasteiger partial charge on any atom is -0.489 e. The van der Waals surface area contributed by atoms with Crippen molar-refractivity contribution in [3.63, 3.8) is 0 Å². The summed E-state index contributed by atoms with van der Waals surface area (Å²) in [6.07, 6.45) is -0.139. The zero-order chi connectivity index (χ0) is 18.8. The molecule has 1 atom stereocenters. The lowest BCUT2D eigenvalue weighted by Crippen LogP contribution is -2.41. The number of guanidine groups is 1. The summed E-state index contributed by atoms with van der Waals surface area (Å²) in [6.45, 7) is 3.70. The van der Waals surface area contributed by atoms with Gasteiger partial charge < -0.3 is 20.1 Å².